The van der Waals surface area contributed by atoms with Crippen LogP contribution in [0.3, 0.4) is 0 Å². The Morgan fingerprint density at radius 1 is 1.33 bits per heavy atom. The van der Waals surface area contributed by atoms with Gasteiger partial charge in [0.05, 0.1) is 10.4 Å². The molecular weight excluding hydrogens is 322 g/mol. The summed E-state index contributed by atoms with van der Waals surface area (Å²) in [5, 5.41) is 0.711. The van der Waals surface area contributed by atoms with Crippen LogP contribution in [0.25, 0.3) is 10.9 Å². The zero-order chi connectivity index (χ0) is 16.9. The van der Waals surface area contributed by atoms with E-state index in [2.05, 4.69) is 4.98 Å². The number of sulfonamides is 1. The summed E-state index contributed by atoms with van der Waals surface area (Å²) in [6.45, 7) is 3.04. The van der Waals surface area contributed by atoms with Crippen molar-refractivity contribution in [2.45, 2.75) is 43.0 Å². The highest BCUT2D eigenvalue weighted by Crippen LogP contribution is 2.50. The SMILES string of the molecule is Cc1ccc(S(=O)(=O)N2CC(CN)CC23CCC3)c2cccnc12. The molecule has 2 N–H and O–H groups in total. The lowest BCUT2D eigenvalue weighted by atomic mass is 9.74. The monoisotopic (exact) mass is 345 g/mol. The molecule has 1 saturated heterocycles. The second-order valence-electron chi connectivity index (χ2n) is 7.20. The Morgan fingerprint density at radius 2 is 2.12 bits per heavy atom. The molecule has 0 radical (unpaired) electrons. The van der Waals surface area contributed by atoms with E-state index in [4.69, 9.17) is 5.73 Å². The van der Waals surface area contributed by atoms with Crippen molar-refractivity contribution in [1.82, 2.24) is 9.29 Å². The predicted octanol–water partition coefficient (Wildman–Crippen LogP) is 2.44. The lowest BCUT2D eigenvalue weighted by Crippen LogP contribution is -2.51. The molecule has 24 heavy (non-hydrogen) atoms. The van der Waals surface area contributed by atoms with Gasteiger partial charge in [-0.15, -0.1) is 0 Å². The summed E-state index contributed by atoms with van der Waals surface area (Å²) in [5.74, 6) is 0.259. The first-order valence-electron chi connectivity index (χ1n) is 8.55. The van der Waals surface area contributed by atoms with E-state index >= 15 is 0 Å². The van der Waals surface area contributed by atoms with Gasteiger partial charge in [0.25, 0.3) is 0 Å². The summed E-state index contributed by atoms with van der Waals surface area (Å²) in [6.07, 6.45) is 5.60. The Hall–Kier alpha value is -1.50. The summed E-state index contributed by atoms with van der Waals surface area (Å²) < 4.78 is 28.7. The smallest absolute Gasteiger partial charge is 0.244 e. The van der Waals surface area contributed by atoms with Crippen molar-refractivity contribution in [1.29, 1.82) is 0 Å². The molecule has 1 aliphatic heterocycles. The molecule has 1 aromatic carbocycles. The molecule has 0 bridgehead atoms. The number of aryl methyl sites for hydroxylation is 1. The van der Waals surface area contributed by atoms with Crippen LogP contribution in [0.15, 0.2) is 35.4 Å². The van der Waals surface area contributed by atoms with Crippen LogP contribution in [0.4, 0.5) is 0 Å². The van der Waals surface area contributed by atoms with E-state index < -0.39 is 10.0 Å². The fraction of sp³-hybridized carbons (Fsp3) is 0.500. The number of fused-ring (bicyclic) bond motifs is 1. The summed E-state index contributed by atoms with van der Waals surface area (Å²) in [6, 6.07) is 7.24. The Balaban J connectivity index is 1.85. The van der Waals surface area contributed by atoms with Gasteiger partial charge in [-0.25, -0.2) is 8.42 Å². The molecule has 2 aromatic rings. The third-order valence-corrected chi connectivity index (χ3v) is 7.77. The molecule has 0 amide bonds. The molecule has 1 atom stereocenters. The van der Waals surface area contributed by atoms with Crippen molar-refractivity contribution in [2.75, 3.05) is 13.1 Å². The molecule has 6 heteroatoms. The zero-order valence-corrected chi connectivity index (χ0v) is 14.7. The minimum atomic E-state index is -3.56. The van der Waals surface area contributed by atoms with E-state index in [0.29, 0.717) is 23.4 Å². The summed E-state index contributed by atoms with van der Waals surface area (Å²) in [7, 11) is -3.56. The molecule has 2 aliphatic rings. The van der Waals surface area contributed by atoms with Crippen molar-refractivity contribution in [2.24, 2.45) is 11.7 Å². The van der Waals surface area contributed by atoms with Gasteiger partial charge in [0.15, 0.2) is 0 Å². The van der Waals surface area contributed by atoms with Crippen LogP contribution in [0.1, 0.15) is 31.2 Å². The minimum Gasteiger partial charge on any atom is -0.330 e. The van der Waals surface area contributed by atoms with Gasteiger partial charge in [-0.3, -0.25) is 4.98 Å². The van der Waals surface area contributed by atoms with Crippen molar-refractivity contribution in [3.05, 3.63) is 36.0 Å². The summed E-state index contributed by atoms with van der Waals surface area (Å²) >= 11 is 0. The minimum absolute atomic E-state index is 0.206. The first-order chi connectivity index (χ1) is 11.5. The van der Waals surface area contributed by atoms with Crippen LogP contribution in [0.2, 0.25) is 0 Å². The molecule has 1 aliphatic carbocycles. The first-order valence-corrected chi connectivity index (χ1v) is 9.99. The summed E-state index contributed by atoms with van der Waals surface area (Å²) in [5.41, 5.74) is 7.40. The number of hydrogen-bond donors (Lipinski definition) is 1. The molecule has 2 fully saturated rings. The Bertz CT molecular complexity index is 890. The normalized spacial score (nSPS) is 23.7. The van der Waals surface area contributed by atoms with Crippen molar-refractivity contribution >= 4 is 20.9 Å². The average Bonchev–Trinajstić information content (AvgIpc) is 2.96. The van der Waals surface area contributed by atoms with E-state index in [9.17, 15) is 8.42 Å². The van der Waals surface area contributed by atoms with E-state index in [1.807, 2.05) is 19.1 Å². The molecule has 1 unspecified atom stereocenters. The van der Waals surface area contributed by atoms with E-state index in [1.165, 1.54) is 0 Å². The maximum Gasteiger partial charge on any atom is 0.244 e. The second kappa shape index (κ2) is 5.51. The molecule has 128 valence electrons. The maximum atomic E-state index is 13.5. The molecule has 5 nitrogen and oxygen atoms in total. The zero-order valence-electron chi connectivity index (χ0n) is 13.9. The van der Waals surface area contributed by atoms with Crippen molar-refractivity contribution in [3.8, 4) is 0 Å². The van der Waals surface area contributed by atoms with Crippen molar-refractivity contribution in [3.63, 3.8) is 0 Å². The number of nitrogens with zero attached hydrogens (tertiary/aromatic N) is 2. The third kappa shape index (κ3) is 2.20. The molecule has 4 rings (SSSR count). The summed E-state index contributed by atoms with van der Waals surface area (Å²) in [4.78, 5) is 4.76. The van der Waals surface area contributed by atoms with Crippen LogP contribution in [0.5, 0.6) is 0 Å². The molecular formula is C18H23N3O2S. The van der Waals surface area contributed by atoms with Crippen molar-refractivity contribution < 1.29 is 8.42 Å². The van der Waals surface area contributed by atoms with Gasteiger partial charge in [0.1, 0.15) is 0 Å². The maximum absolute atomic E-state index is 13.5. The average molecular weight is 345 g/mol. The Morgan fingerprint density at radius 3 is 2.79 bits per heavy atom. The van der Waals surface area contributed by atoms with Crippen LogP contribution in [0, 0.1) is 12.8 Å². The standard InChI is InChI=1S/C18H23N3O2S/c1-13-5-6-16(15-4-2-9-20-17(13)15)24(22,23)21-12-14(11-19)10-18(21)7-3-8-18/h2,4-6,9,14H,3,7-8,10-12,19H2,1H3. The van der Waals surface area contributed by atoms with Gasteiger partial charge >= 0.3 is 0 Å². The molecule has 1 saturated carbocycles. The van der Waals surface area contributed by atoms with E-state index in [1.54, 1.807) is 22.6 Å². The largest absolute Gasteiger partial charge is 0.330 e. The van der Waals surface area contributed by atoms with Gasteiger partial charge in [-0.2, -0.15) is 4.31 Å². The van der Waals surface area contributed by atoms with Gasteiger partial charge in [-0.1, -0.05) is 6.07 Å². The lowest BCUT2D eigenvalue weighted by Gasteiger charge is -2.45. The highest BCUT2D eigenvalue weighted by atomic mass is 32.2. The topological polar surface area (TPSA) is 76.3 Å². The quantitative estimate of drug-likeness (QED) is 0.927. The number of rotatable bonds is 3. The fourth-order valence-electron chi connectivity index (χ4n) is 4.31. The number of pyridine rings is 1. The first kappa shape index (κ1) is 16.0. The Labute approximate surface area is 142 Å². The number of hydrogen-bond acceptors (Lipinski definition) is 4. The molecule has 1 spiro atoms. The van der Waals surface area contributed by atoms with Crippen LogP contribution in [-0.4, -0.2) is 36.3 Å². The van der Waals surface area contributed by atoms with E-state index in [0.717, 1.165) is 36.8 Å². The van der Waals surface area contributed by atoms with Gasteiger partial charge in [0, 0.05) is 23.7 Å². The third-order valence-electron chi connectivity index (χ3n) is 5.74. The van der Waals surface area contributed by atoms with Crippen LogP contribution < -0.4 is 5.73 Å². The highest BCUT2D eigenvalue weighted by molar-refractivity contribution is 7.89. The van der Waals surface area contributed by atoms with Gasteiger partial charge < -0.3 is 5.73 Å². The highest BCUT2D eigenvalue weighted by Gasteiger charge is 2.54. The molecule has 1 aromatic heterocycles. The predicted molar refractivity (Wildman–Crippen MR) is 94.1 cm³/mol. The lowest BCUT2D eigenvalue weighted by molar-refractivity contribution is 0.127. The molecule has 2 heterocycles. The van der Waals surface area contributed by atoms with Gasteiger partial charge in [0.2, 0.25) is 10.0 Å². The van der Waals surface area contributed by atoms with Gasteiger partial charge in [-0.05, 0) is 68.8 Å². The Kier molecular flexibility index (Phi) is 3.67. The van der Waals surface area contributed by atoms with Crippen LogP contribution >= 0.6 is 0 Å². The van der Waals surface area contributed by atoms with Crippen LogP contribution in [-0.2, 0) is 10.0 Å². The second-order valence-corrected chi connectivity index (χ2v) is 9.03. The number of nitrogens with two attached hydrogens (primary N) is 1. The van der Waals surface area contributed by atoms with E-state index in [-0.39, 0.29) is 11.5 Å². The number of benzene rings is 1. The fourth-order valence-corrected chi connectivity index (χ4v) is 6.41. The number of aromatic nitrogens is 1.